The van der Waals surface area contributed by atoms with Crippen LogP contribution in [-0.4, -0.2) is 28.9 Å². The summed E-state index contributed by atoms with van der Waals surface area (Å²) < 4.78 is 5.30. The van der Waals surface area contributed by atoms with Gasteiger partial charge in [-0.25, -0.2) is 0 Å². The van der Waals surface area contributed by atoms with Crippen LogP contribution in [0.5, 0.6) is 0 Å². The third kappa shape index (κ3) is 1.88. The van der Waals surface area contributed by atoms with Crippen molar-refractivity contribution in [1.82, 2.24) is 0 Å². The molecule has 1 unspecified atom stereocenters. The Labute approximate surface area is 81.2 Å². The van der Waals surface area contributed by atoms with E-state index in [0.717, 1.165) is 24.3 Å². The molecule has 2 rings (SSSR count). The summed E-state index contributed by atoms with van der Waals surface area (Å²) in [6.45, 7) is 0. The Morgan fingerprint density at radius 1 is 1.38 bits per heavy atom. The molecule has 0 amide bonds. The lowest BCUT2D eigenvalue weighted by Crippen LogP contribution is -2.46. The van der Waals surface area contributed by atoms with Crippen molar-refractivity contribution in [3.05, 3.63) is 0 Å². The van der Waals surface area contributed by atoms with Crippen molar-refractivity contribution in [3.8, 4) is 0 Å². The van der Waals surface area contributed by atoms with Crippen LogP contribution in [0.4, 0.5) is 0 Å². The fourth-order valence-corrected chi connectivity index (χ4v) is 3.11. The van der Waals surface area contributed by atoms with Gasteiger partial charge >= 0.3 is 5.97 Å². The molecular weight excluding hydrogens is 188 g/mol. The average molecular weight is 200 g/mol. The first-order chi connectivity index (χ1) is 6.20. The summed E-state index contributed by atoms with van der Waals surface area (Å²) in [6, 6.07) is 0. The van der Waals surface area contributed by atoms with E-state index in [1.54, 1.807) is 11.8 Å². The van der Waals surface area contributed by atoms with Crippen LogP contribution in [-0.2, 0) is 14.3 Å². The van der Waals surface area contributed by atoms with Gasteiger partial charge in [0.25, 0.3) is 0 Å². The molecule has 2 fully saturated rings. The zero-order valence-corrected chi connectivity index (χ0v) is 8.19. The van der Waals surface area contributed by atoms with Crippen LogP contribution < -0.4 is 0 Å². The Morgan fingerprint density at radius 3 is 2.85 bits per heavy atom. The Morgan fingerprint density at radius 2 is 2.23 bits per heavy atom. The van der Waals surface area contributed by atoms with Crippen molar-refractivity contribution in [2.45, 2.75) is 31.3 Å². The maximum atomic E-state index is 11.2. The lowest BCUT2D eigenvalue weighted by Gasteiger charge is -2.38. The number of Topliss-reactive ketones (excluding diaryl/α,β-unsaturated/α-hetero) is 1. The van der Waals surface area contributed by atoms with Crippen molar-refractivity contribution < 1.29 is 14.3 Å². The van der Waals surface area contributed by atoms with Gasteiger partial charge in [0, 0.05) is 12.2 Å². The van der Waals surface area contributed by atoms with Crippen molar-refractivity contribution in [2.75, 3.05) is 11.5 Å². The first-order valence-corrected chi connectivity index (χ1v) is 5.67. The van der Waals surface area contributed by atoms with Gasteiger partial charge in [0.2, 0.25) is 0 Å². The van der Waals surface area contributed by atoms with E-state index in [9.17, 15) is 9.59 Å². The molecule has 2 heterocycles. The van der Waals surface area contributed by atoms with Gasteiger partial charge in [0.05, 0.1) is 0 Å². The Hall–Kier alpha value is -0.510. The summed E-state index contributed by atoms with van der Waals surface area (Å²) in [5.74, 6) is 1.62. The quantitative estimate of drug-likeness (QED) is 0.434. The minimum atomic E-state index is -0.435. The molecular formula is C9H12O3S. The first kappa shape index (κ1) is 9.06. The molecule has 13 heavy (non-hydrogen) atoms. The number of carbonyl (C=O) groups excluding carboxylic acids is 2. The molecule has 1 spiro atoms. The SMILES string of the molecule is O=C1CC(=O)OC2(CCCSC2)C1. The van der Waals surface area contributed by atoms with Crippen LogP contribution in [0.15, 0.2) is 0 Å². The predicted molar refractivity (Wildman–Crippen MR) is 49.6 cm³/mol. The second kappa shape index (κ2) is 3.33. The van der Waals surface area contributed by atoms with Crippen molar-refractivity contribution >= 4 is 23.5 Å². The Kier molecular flexibility index (Phi) is 2.32. The van der Waals surface area contributed by atoms with E-state index >= 15 is 0 Å². The lowest BCUT2D eigenvalue weighted by atomic mass is 9.90. The molecule has 4 heteroatoms. The summed E-state index contributed by atoms with van der Waals surface area (Å²) in [5.41, 5.74) is -0.435. The maximum absolute atomic E-state index is 11.2. The third-order valence-corrected chi connectivity index (χ3v) is 3.78. The van der Waals surface area contributed by atoms with Gasteiger partial charge in [-0.1, -0.05) is 0 Å². The van der Waals surface area contributed by atoms with E-state index in [4.69, 9.17) is 4.74 Å². The number of hydrogen-bond donors (Lipinski definition) is 0. The minimum absolute atomic E-state index is 0.0214. The molecule has 1 atom stereocenters. The van der Waals surface area contributed by atoms with Gasteiger partial charge in [0.1, 0.15) is 17.8 Å². The largest absolute Gasteiger partial charge is 0.457 e. The van der Waals surface area contributed by atoms with Crippen LogP contribution in [0.1, 0.15) is 25.7 Å². The molecule has 0 aliphatic carbocycles. The molecule has 2 aliphatic heterocycles. The van der Waals surface area contributed by atoms with E-state index in [-0.39, 0.29) is 18.2 Å². The second-order valence-electron chi connectivity index (χ2n) is 3.71. The summed E-state index contributed by atoms with van der Waals surface area (Å²) in [4.78, 5) is 22.3. The monoisotopic (exact) mass is 200 g/mol. The summed E-state index contributed by atoms with van der Waals surface area (Å²) in [6.07, 6.45) is 2.32. The van der Waals surface area contributed by atoms with Gasteiger partial charge in [-0.2, -0.15) is 11.8 Å². The van der Waals surface area contributed by atoms with Crippen LogP contribution in [0.25, 0.3) is 0 Å². The highest BCUT2D eigenvalue weighted by Gasteiger charge is 2.42. The molecule has 0 N–H and O–H groups in total. The summed E-state index contributed by atoms with van der Waals surface area (Å²) in [5, 5.41) is 0. The summed E-state index contributed by atoms with van der Waals surface area (Å²) in [7, 11) is 0. The number of thioether (sulfide) groups is 1. The first-order valence-electron chi connectivity index (χ1n) is 4.52. The van der Waals surface area contributed by atoms with E-state index < -0.39 is 5.60 Å². The zero-order chi connectivity index (χ0) is 9.31. The highest BCUT2D eigenvalue weighted by atomic mass is 32.2. The van der Waals surface area contributed by atoms with Gasteiger partial charge in [-0.05, 0) is 18.6 Å². The number of hydrogen-bond acceptors (Lipinski definition) is 4. The molecule has 2 aliphatic rings. The highest BCUT2D eigenvalue weighted by molar-refractivity contribution is 7.99. The molecule has 0 saturated carbocycles. The van der Waals surface area contributed by atoms with Crippen LogP contribution in [0.2, 0.25) is 0 Å². The fourth-order valence-electron chi connectivity index (χ4n) is 1.94. The number of carbonyl (C=O) groups is 2. The van der Waals surface area contributed by atoms with Crippen LogP contribution >= 0.6 is 11.8 Å². The molecule has 0 aromatic rings. The van der Waals surface area contributed by atoms with Gasteiger partial charge in [-0.15, -0.1) is 0 Å². The molecule has 2 saturated heterocycles. The standard InChI is InChI=1S/C9H12O3S/c10-7-4-8(11)12-9(5-7)2-1-3-13-6-9/h1-6H2. The molecule has 0 aromatic carbocycles. The predicted octanol–water partition coefficient (Wildman–Crippen LogP) is 1.16. The Bertz CT molecular complexity index is 225. The number of rotatable bonds is 0. The van der Waals surface area contributed by atoms with E-state index in [1.807, 2.05) is 0 Å². The van der Waals surface area contributed by atoms with Crippen LogP contribution in [0.3, 0.4) is 0 Å². The van der Waals surface area contributed by atoms with E-state index in [2.05, 4.69) is 0 Å². The minimum Gasteiger partial charge on any atom is -0.457 e. The van der Waals surface area contributed by atoms with Gasteiger partial charge < -0.3 is 4.74 Å². The molecule has 72 valence electrons. The zero-order valence-electron chi connectivity index (χ0n) is 7.38. The van der Waals surface area contributed by atoms with E-state index in [1.165, 1.54) is 0 Å². The number of esters is 1. The van der Waals surface area contributed by atoms with Crippen LogP contribution in [0, 0.1) is 0 Å². The molecule has 0 radical (unpaired) electrons. The fraction of sp³-hybridized carbons (Fsp3) is 0.778. The van der Waals surface area contributed by atoms with Crippen molar-refractivity contribution in [3.63, 3.8) is 0 Å². The van der Waals surface area contributed by atoms with E-state index in [0.29, 0.717) is 6.42 Å². The normalized spacial score (nSPS) is 34.8. The molecule has 3 nitrogen and oxygen atoms in total. The lowest BCUT2D eigenvalue weighted by molar-refractivity contribution is -0.168. The summed E-state index contributed by atoms with van der Waals surface area (Å²) >= 11 is 1.77. The second-order valence-corrected chi connectivity index (χ2v) is 4.81. The smallest absolute Gasteiger partial charge is 0.313 e. The van der Waals surface area contributed by atoms with Gasteiger partial charge in [0.15, 0.2) is 0 Å². The number of ketones is 1. The van der Waals surface area contributed by atoms with Gasteiger partial charge in [-0.3, -0.25) is 9.59 Å². The topological polar surface area (TPSA) is 43.4 Å². The van der Waals surface area contributed by atoms with Crippen molar-refractivity contribution in [1.29, 1.82) is 0 Å². The molecule has 0 aromatic heterocycles. The molecule has 0 bridgehead atoms. The van der Waals surface area contributed by atoms with Crippen molar-refractivity contribution in [2.24, 2.45) is 0 Å². The highest BCUT2D eigenvalue weighted by Crippen LogP contribution is 2.36. The average Bonchev–Trinajstić information content (AvgIpc) is 2.02. The third-order valence-electron chi connectivity index (χ3n) is 2.48. The Balaban J connectivity index is 2.11. The maximum Gasteiger partial charge on any atom is 0.313 e. The number of ether oxygens (including phenoxy) is 1.